The first-order chi connectivity index (χ1) is 9.23. The van der Waals surface area contributed by atoms with Crippen molar-refractivity contribution in [2.45, 2.75) is 25.7 Å². The predicted octanol–water partition coefficient (Wildman–Crippen LogP) is 1.82. The maximum atomic E-state index is 12.2. The van der Waals surface area contributed by atoms with Gasteiger partial charge in [0.1, 0.15) is 6.61 Å². The molecule has 2 N–H and O–H groups in total. The molecule has 110 valence electrons. The Kier molecular flexibility index (Phi) is 5.26. The minimum atomic E-state index is -5.06. The Morgan fingerprint density at radius 1 is 1.25 bits per heavy atom. The van der Waals surface area contributed by atoms with Crippen molar-refractivity contribution in [3.8, 4) is 0 Å². The van der Waals surface area contributed by atoms with Gasteiger partial charge in [0, 0.05) is 0 Å². The van der Waals surface area contributed by atoms with Crippen molar-refractivity contribution < 1.29 is 27.5 Å². The fraction of sp³-hybridized carbons (Fsp3) is 0.385. The third kappa shape index (κ3) is 4.34. The zero-order valence-electron chi connectivity index (χ0n) is 10.7. The first-order valence-electron chi connectivity index (χ1n) is 5.80. The number of alkyl halides is 3. The second-order valence-corrected chi connectivity index (χ2v) is 4.27. The molecule has 1 rings (SSSR count). The van der Waals surface area contributed by atoms with Gasteiger partial charge in [-0.3, -0.25) is 9.59 Å². The van der Waals surface area contributed by atoms with E-state index in [0.29, 0.717) is 5.56 Å². The molecule has 0 amide bonds. The molecule has 0 aliphatic heterocycles. The van der Waals surface area contributed by atoms with Crippen LogP contribution in [0.1, 0.15) is 12.5 Å². The van der Waals surface area contributed by atoms with E-state index in [1.165, 1.54) is 0 Å². The van der Waals surface area contributed by atoms with Crippen molar-refractivity contribution in [3.05, 3.63) is 35.9 Å². The van der Waals surface area contributed by atoms with E-state index < -0.39 is 29.9 Å². The number of rotatable bonds is 5. The molecule has 2 atom stereocenters. The molecular weight excluding hydrogens is 275 g/mol. The monoisotopic (exact) mass is 289 g/mol. The van der Waals surface area contributed by atoms with Gasteiger partial charge in [-0.1, -0.05) is 30.3 Å². The number of ether oxygens (including phenoxy) is 1. The minimum absolute atomic E-state index is 0.0864. The summed E-state index contributed by atoms with van der Waals surface area (Å²) in [6.07, 6.45) is -5.06. The summed E-state index contributed by atoms with van der Waals surface area (Å²) < 4.78 is 41.4. The number of halogens is 3. The highest BCUT2D eigenvalue weighted by atomic mass is 19.4. The Hall–Kier alpha value is -1.89. The molecule has 0 aliphatic rings. The van der Waals surface area contributed by atoms with Crippen LogP contribution in [0.2, 0.25) is 0 Å². The van der Waals surface area contributed by atoms with Gasteiger partial charge in [-0.15, -0.1) is 0 Å². The molecule has 0 heterocycles. The molecular formula is C13H14F3NO3. The highest BCUT2D eigenvalue weighted by molar-refractivity contribution is 5.93. The Labute approximate surface area is 113 Å². The number of hydrogen-bond donors (Lipinski definition) is 1. The average molecular weight is 289 g/mol. The Bertz CT molecular complexity index is 473. The van der Waals surface area contributed by atoms with Gasteiger partial charge in [-0.05, 0) is 12.5 Å². The van der Waals surface area contributed by atoms with E-state index in [1.807, 2.05) is 0 Å². The standard InChI is InChI=1S/C13H14F3NO3/c1-8(10(17)11(18)13(14,15)16)12(19)20-7-9-5-3-2-4-6-9/h2-6,8,10H,7,17H2,1H3/t8?,10-/m0/s1. The number of esters is 1. The third-order valence-electron chi connectivity index (χ3n) is 2.72. The molecule has 0 radical (unpaired) electrons. The smallest absolute Gasteiger partial charge is 0.451 e. The Balaban J connectivity index is 2.57. The number of hydrogen-bond acceptors (Lipinski definition) is 4. The largest absolute Gasteiger partial charge is 0.461 e. The molecule has 0 saturated carbocycles. The summed E-state index contributed by atoms with van der Waals surface area (Å²) >= 11 is 0. The molecule has 20 heavy (non-hydrogen) atoms. The van der Waals surface area contributed by atoms with Gasteiger partial charge in [0.05, 0.1) is 12.0 Å². The van der Waals surface area contributed by atoms with Crippen LogP contribution in [0.25, 0.3) is 0 Å². The molecule has 0 aliphatic carbocycles. The number of Topliss-reactive ketones (excluding diaryl/α,β-unsaturated/α-hetero) is 1. The van der Waals surface area contributed by atoms with Crippen molar-refractivity contribution in [3.63, 3.8) is 0 Å². The lowest BCUT2D eigenvalue weighted by molar-refractivity contribution is -0.175. The van der Waals surface area contributed by atoms with Crippen LogP contribution < -0.4 is 5.73 Å². The van der Waals surface area contributed by atoms with Crippen molar-refractivity contribution in [1.29, 1.82) is 0 Å². The van der Waals surface area contributed by atoms with Crippen molar-refractivity contribution in [2.24, 2.45) is 11.7 Å². The van der Waals surface area contributed by atoms with E-state index in [1.54, 1.807) is 30.3 Å². The number of carbonyl (C=O) groups is 2. The van der Waals surface area contributed by atoms with E-state index in [9.17, 15) is 22.8 Å². The van der Waals surface area contributed by atoms with Crippen LogP contribution in [0.4, 0.5) is 13.2 Å². The van der Waals surface area contributed by atoms with E-state index in [-0.39, 0.29) is 6.61 Å². The molecule has 4 nitrogen and oxygen atoms in total. The highest BCUT2D eigenvalue weighted by Crippen LogP contribution is 2.20. The SMILES string of the molecule is CC(C(=O)OCc1ccccc1)[C@H](N)C(=O)C(F)(F)F. The van der Waals surface area contributed by atoms with Crippen LogP contribution >= 0.6 is 0 Å². The maximum absolute atomic E-state index is 12.2. The molecule has 0 saturated heterocycles. The van der Waals surface area contributed by atoms with Crippen molar-refractivity contribution in [1.82, 2.24) is 0 Å². The minimum Gasteiger partial charge on any atom is -0.461 e. The van der Waals surface area contributed by atoms with Gasteiger partial charge >= 0.3 is 12.1 Å². The van der Waals surface area contributed by atoms with E-state index in [0.717, 1.165) is 6.92 Å². The third-order valence-corrected chi connectivity index (χ3v) is 2.72. The molecule has 7 heteroatoms. The van der Waals surface area contributed by atoms with Gasteiger partial charge < -0.3 is 10.5 Å². The predicted molar refractivity (Wildman–Crippen MR) is 64.4 cm³/mol. The summed E-state index contributed by atoms with van der Waals surface area (Å²) in [6, 6.07) is 6.65. The fourth-order valence-electron chi connectivity index (χ4n) is 1.42. The molecule has 1 unspecified atom stereocenters. The number of benzene rings is 1. The van der Waals surface area contributed by atoms with Crippen LogP contribution in [-0.2, 0) is 20.9 Å². The second kappa shape index (κ2) is 6.51. The van der Waals surface area contributed by atoms with E-state index in [2.05, 4.69) is 0 Å². The molecule has 0 aromatic heterocycles. The molecule has 0 bridgehead atoms. The first kappa shape index (κ1) is 16.2. The summed E-state index contributed by atoms with van der Waals surface area (Å²) in [5.41, 5.74) is 5.83. The average Bonchev–Trinajstić information content (AvgIpc) is 2.42. The van der Waals surface area contributed by atoms with Gasteiger partial charge in [0.2, 0.25) is 0 Å². The van der Waals surface area contributed by atoms with Crippen molar-refractivity contribution >= 4 is 11.8 Å². The fourth-order valence-corrected chi connectivity index (χ4v) is 1.42. The lowest BCUT2D eigenvalue weighted by Gasteiger charge is -2.18. The highest BCUT2D eigenvalue weighted by Gasteiger charge is 2.45. The van der Waals surface area contributed by atoms with Crippen LogP contribution in [0.15, 0.2) is 30.3 Å². The topological polar surface area (TPSA) is 69.4 Å². The van der Waals surface area contributed by atoms with Crippen molar-refractivity contribution in [2.75, 3.05) is 0 Å². The summed E-state index contributed by atoms with van der Waals surface area (Å²) in [7, 11) is 0. The molecule has 0 spiro atoms. The summed E-state index contributed by atoms with van der Waals surface area (Å²) in [5, 5.41) is 0. The van der Waals surface area contributed by atoms with Crippen LogP contribution in [0, 0.1) is 5.92 Å². The lowest BCUT2D eigenvalue weighted by atomic mass is 9.99. The molecule has 1 aromatic carbocycles. The second-order valence-electron chi connectivity index (χ2n) is 4.27. The normalized spacial score (nSPS) is 14.4. The number of carbonyl (C=O) groups excluding carboxylic acids is 2. The van der Waals surface area contributed by atoms with E-state index >= 15 is 0 Å². The quantitative estimate of drug-likeness (QED) is 0.839. The van der Waals surface area contributed by atoms with Gasteiger partial charge in [0.25, 0.3) is 5.78 Å². The number of nitrogens with two attached hydrogens (primary N) is 1. The summed E-state index contributed by atoms with van der Waals surface area (Å²) in [4.78, 5) is 22.5. The maximum Gasteiger partial charge on any atom is 0.451 e. The van der Waals surface area contributed by atoms with Gasteiger partial charge in [0.15, 0.2) is 0 Å². The van der Waals surface area contributed by atoms with Crippen LogP contribution in [0.5, 0.6) is 0 Å². The van der Waals surface area contributed by atoms with Crippen LogP contribution in [0.3, 0.4) is 0 Å². The Morgan fingerprint density at radius 3 is 2.30 bits per heavy atom. The van der Waals surface area contributed by atoms with Crippen LogP contribution in [-0.4, -0.2) is 24.0 Å². The summed E-state index contributed by atoms with van der Waals surface area (Å²) in [5.74, 6) is -4.45. The first-order valence-corrected chi connectivity index (χ1v) is 5.80. The zero-order chi connectivity index (χ0) is 15.3. The summed E-state index contributed by atoms with van der Waals surface area (Å²) in [6.45, 7) is 1.04. The molecule has 0 fully saturated rings. The van der Waals surface area contributed by atoms with E-state index in [4.69, 9.17) is 10.5 Å². The zero-order valence-corrected chi connectivity index (χ0v) is 10.7. The molecule has 1 aromatic rings. The Morgan fingerprint density at radius 2 is 1.80 bits per heavy atom. The lowest BCUT2D eigenvalue weighted by Crippen LogP contribution is -2.47. The van der Waals surface area contributed by atoms with Gasteiger partial charge in [-0.25, -0.2) is 0 Å². The number of ketones is 1. The van der Waals surface area contributed by atoms with Gasteiger partial charge in [-0.2, -0.15) is 13.2 Å².